The van der Waals surface area contributed by atoms with Gasteiger partial charge in [0.15, 0.2) is 0 Å². The normalized spacial score (nSPS) is 10.7. The Morgan fingerprint density at radius 3 is 2.60 bits per heavy atom. The first-order valence-electron chi connectivity index (χ1n) is 3.70. The monoisotopic (exact) mass is 222 g/mol. The third-order valence-electron chi connectivity index (χ3n) is 1.64. The van der Waals surface area contributed by atoms with Crippen molar-refractivity contribution in [2.45, 2.75) is 13.0 Å². The number of hydrogen-bond acceptors (Lipinski definition) is 4. The Morgan fingerprint density at radius 1 is 1.60 bits per heavy atom. The van der Waals surface area contributed by atoms with Crippen LogP contribution >= 0.6 is 0 Å². The van der Waals surface area contributed by atoms with Crippen LogP contribution in [0.25, 0.3) is 0 Å². The molecule has 1 N–H and O–H groups in total. The van der Waals surface area contributed by atoms with Gasteiger partial charge in [0.05, 0.1) is 17.7 Å². The number of aromatic nitrogens is 1. The van der Waals surface area contributed by atoms with E-state index in [0.29, 0.717) is 6.07 Å². The molecule has 0 aliphatic rings. The average Bonchev–Trinajstić information content (AvgIpc) is 2.16. The van der Waals surface area contributed by atoms with E-state index in [1.807, 2.05) is 0 Å². The first-order chi connectivity index (χ1) is 6.97. The predicted octanol–water partition coefficient (Wildman–Crippen LogP) is 1.56. The maximum atomic E-state index is 12.8. The van der Waals surface area contributed by atoms with Gasteiger partial charge in [-0.3, -0.25) is 0 Å². The Kier molecular flexibility index (Phi) is 3.20. The van der Waals surface area contributed by atoms with E-state index in [4.69, 9.17) is 5.11 Å². The van der Waals surface area contributed by atoms with Gasteiger partial charge in [0, 0.05) is 0 Å². The highest BCUT2D eigenvalue weighted by molar-refractivity contribution is 5.35. The Labute approximate surface area is 81.3 Å². The van der Waals surface area contributed by atoms with Crippen LogP contribution in [0.2, 0.25) is 0 Å². The smallest absolute Gasteiger partial charge is 0.372 e. The SMILES string of the molecule is O=[N+]([O-])c1nc(F)c(C(F)F)cc1CO. The molecule has 1 rings (SSSR count). The summed E-state index contributed by atoms with van der Waals surface area (Å²) in [5.74, 6) is -2.56. The van der Waals surface area contributed by atoms with Gasteiger partial charge in [-0.15, -0.1) is 0 Å². The fraction of sp³-hybridized carbons (Fsp3) is 0.286. The average molecular weight is 222 g/mol. The van der Waals surface area contributed by atoms with Gasteiger partial charge < -0.3 is 15.2 Å². The molecule has 0 aliphatic heterocycles. The molecule has 82 valence electrons. The molecule has 0 spiro atoms. The van der Waals surface area contributed by atoms with Gasteiger partial charge in [0.2, 0.25) is 0 Å². The van der Waals surface area contributed by atoms with Gasteiger partial charge in [-0.25, -0.2) is 8.78 Å². The van der Waals surface area contributed by atoms with E-state index in [9.17, 15) is 23.3 Å². The lowest BCUT2D eigenvalue weighted by molar-refractivity contribution is -0.391. The first-order valence-corrected chi connectivity index (χ1v) is 3.70. The fourth-order valence-corrected chi connectivity index (χ4v) is 0.969. The third kappa shape index (κ3) is 2.21. The molecular formula is C7H5F3N2O3. The number of pyridine rings is 1. The molecule has 8 heteroatoms. The molecular weight excluding hydrogens is 217 g/mol. The van der Waals surface area contributed by atoms with Crippen LogP contribution < -0.4 is 0 Å². The Balaban J connectivity index is 3.35. The number of alkyl halides is 2. The lowest BCUT2D eigenvalue weighted by Gasteiger charge is -2.02. The topological polar surface area (TPSA) is 76.3 Å². The van der Waals surface area contributed by atoms with Gasteiger partial charge in [-0.1, -0.05) is 0 Å². The van der Waals surface area contributed by atoms with Crippen molar-refractivity contribution in [3.63, 3.8) is 0 Å². The standard InChI is InChI=1S/C7H5F3N2O3/c8-5(9)4-1-3(2-13)7(12(14)15)11-6(4)10/h1,5,13H,2H2. The molecule has 0 saturated heterocycles. The summed E-state index contributed by atoms with van der Waals surface area (Å²) in [6.45, 7) is -0.858. The van der Waals surface area contributed by atoms with E-state index >= 15 is 0 Å². The molecule has 1 heterocycles. The van der Waals surface area contributed by atoms with Crippen LogP contribution in [0.15, 0.2) is 6.07 Å². The van der Waals surface area contributed by atoms with Crippen molar-refractivity contribution in [2.24, 2.45) is 0 Å². The van der Waals surface area contributed by atoms with E-state index in [1.165, 1.54) is 0 Å². The molecule has 5 nitrogen and oxygen atoms in total. The van der Waals surface area contributed by atoms with Crippen LogP contribution in [-0.2, 0) is 6.61 Å². The summed E-state index contributed by atoms with van der Waals surface area (Å²) in [4.78, 5) is 12.0. The lowest BCUT2D eigenvalue weighted by atomic mass is 10.2. The van der Waals surface area contributed by atoms with Gasteiger partial charge in [0.1, 0.15) is 0 Å². The van der Waals surface area contributed by atoms with Gasteiger partial charge >= 0.3 is 11.8 Å². The molecule has 15 heavy (non-hydrogen) atoms. The van der Waals surface area contributed by atoms with Crippen LogP contribution in [0.4, 0.5) is 19.0 Å². The maximum Gasteiger partial charge on any atom is 0.372 e. The number of nitrogens with zero attached hydrogens (tertiary/aromatic N) is 2. The van der Waals surface area contributed by atoms with Crippen molar-refractivity contribution < 1.29 is 23.2 Å². The number of halogens is 3. The van der Waals surface area contributed by atoms with Crippen molar-refractivity contribution in [2.75, 3.05) is 0 Å². The number of nitro groups is 1. The fourth-order valence-electron chi connectivity index (χ4n) is 0.969. The molecule has 0 unspecified atom stereocenters. The van der Waals surface area contributed by atoms with Crippen molar-refractivity contribution >= 4 is 5.82 Å². The molecule has 0 fully saturated rings. The summed E-state index contributed by atoms with van der Waals surface area (Å²) in [5.41, 5.74) is -1.51. The highest BCUT2D eigenvalue weighted by atomic mass is 19.3. The van der Waals surface area contributed by atoms with Crippen LogP contribution in [0.5, 0.6) is 0 Å². The van der Waals surface area contributed by atoms with Crippen LogP contribution in [0, 0.1) is 16.1 Å². The Morgan fingerprint density at radius 2 is 2.20 bits per heavy atom. The zero-order valence-corrected chi connectivity index (χ0v) is 7.15. The molecule has 0 aliphatic carbocycles. The zero-order chi connectivity index (χ0) is 11.6. The molecule has 0 atom stereocenters. The molecule has 0 radical (unpaired) electrons. The van der Waals surface area contributed by atoms with E-state index in [-0.39, 0.29) is 0 Å². The Bertz CT molecular complexity index is 397. The van der Waals surface area contributed by atoms with E-state index in [0.717, 1.165) is 0 Å². The molecule has 0 bridgehead atoms. The molecule has 1 aromatic rings. The Hall–Kier alpha value is -1.70. The number of hydrogen-bond donors (Lipinski definition) is 1. The lowest BCUT2D eigenvalue weighted by Crippen LogP contribution is -2.04. The molecule has 0 aromatic carbocycles. The highest BCUT2D eigenvalue weighted by Crippen LogP contribution is 2.26. The van der Waals surface area contributed by atoms with E-state index in [2.05, 4.69) is 4.98 Å². The van der Waals surface area contributed by atoms with Crippen molar-refractivity contribution in [1.29, 1.82) is 0 Å². The number of rotatable bonds is 3. The largest absolute Gasteiger partial charge is 0.391 e. The van der Waals surface area contributed by atoms with Crippen LogP contribution in [-0.4, -0.2) is 15.0 Å². The van der Waals surface area contributed by atoms with E-state index < -0.39 is 40.8 Å². The summed E-state index contributed by atoms with van der Waals surface area (Å²) in [6, 6.07) is 0.533. The van der Waals surface area contributed by atoms with Crippen molar-refractivity contribution in [3.8, 4) is 0 Å². The predicted molar refractivity (Wildman–Crippen MR) is 41.7 cm³/mol. The van der Waals surface area contributed by atoms with Crippen LogP contribution in [0.3, 0.4) is 0 Å². The minimum atomic E-state index is -3.14. The highest BCUT2D eigenvalue weighted by Gasteiger charge is 2.25. The molecule has 0 amide bonds. The van der Waals surface area contributed by atoms with Crippen molar-refractivity contribution in [3.05, 3.63) is 33.3 Å². The summed E-state index contributed by atoms with van der Waals surface area (Å²) in [5, 5.41) is 18.9. The van der Waals surface area contributed by atoms with Gasteiger partial charge in [0.25, 0.3) is 6.43 Å². The van der Waals surface area contributed by atoms with Gasteiger partial charge in [-0.2, -0.15) is 4.39 Å². The summed E-state index contributed by atoms with van der Waals surface area (Å²) < 4.78 is 37.1. The second kappa shape index (κ2) is 4.22. The van der Waals surface area contributed by atoms with E-state index in [1.54, 1.807) is 0 Å². The molecule has 1 aromatic heterocycles. The van der Waals surface area contributed by atoms with Crippen molar-refractivity contribution in [1.82, 2.24) is 4.98 Å². The second-order valence-corrected chi connectivity index (χ2v) is 2.57. The third-order valence-corrected chi connectivity index (χ3v) is 1.64. The first kappa shape index (κ1) is 11.4. The zero-order valence-electron chi connectivity index (χ0n) is 7.15. The molecule has 0 saturated carbocycles. The maximum absolute atomic E-state index is 12.8. The quantitative estimate of drug-likeness (QED) is 0.478. The van der Waals surface area contributed by atoms with Crippen LogP contribution in [0.1, 0.15) is 17.6 Å². The summed E-state index contributed by atoms with van der Waals surface area (Å²) in [7, 11) is 0. The summed E-state index contributed by atoms with van der Waals surface area (Å²) >= 11 is 0. The minimum absolute atomic E-state index is 0.447. The summed E-state index contributed by atoms with van der Waals surface area (Å²) in [6.07, 6.45) is -3.14. The van der Waals surface area contributed by atoms with Gasteiger partial charge in [-0.05, 0) is 16.0 Å². The number of aliphatic hydroxyl groups excluding tert-OH is 1. The second-order valence-electron chi connectivity index (χ2n) is 2.57. The number of aliphatic hydroxyl groups is 1. The minimum Gasteiger partial charge on any atom is -0.391 e.